The Morgan fingerprint density at radius 1 is 1.11 bits per heavy atom. The number of amides is 1. The fourth-order valence-corrected chi connectivity index (χ4v) is 4.41. The van der Waals surface area contributed by atoms with Crippen LogP contribution in [0.5, 0.6) is 23.0 Å². The van der Waals surface area contributed by atoms with Crippen molar-refractivity contribution in [1.29, 1.82) is 0 Å². The normalized spacial score (nSPS) is 17.1. The van der Waals surface area contributed by atoms with E-state index in [1.54, 1.807) is 12.1 Å². The van der Waals surface area contributed by atoms with E-state index in [0.29, 0.717) is 18.7 Å². The third-order valence-electron chi connectivity index (χ3n) is 5.27. The Hall–Kier alpha value is -3.19. The third-order valence-corrected chi connectivity index (χ3v) is 7.04. The highest BCUT2D eigenvalue weighted by atomic mass is 32.2. The summed E-state index contributed by atoms with van der Waals surface area (Å²) in [7, 11) is -1.97. The fraction of sp³-hybridized carbons (Fsp3) is 0.435. The predicted octanol–water partition coefficient (Wildman–Crippen LogP) is 2.95. The van der Waals surface area contributed by atoms with Gasteiger partial charge < -0.3 is 29.0 Å². The van der Waals surface area contributed by atoms with Crippen LogP contribution in [0.3, 0.4) is 0 Å². The molecule has 0 saturated carbocycles. The number of ether oxygens (including phenoxy) is 4. The van der Waals surface area contributed by atoms with Gasteiger partial charge >= 0.3 is 6.36 Å². The summed E-state index contributed by atoms with van der Waals surface area (Å²) in [6.07, 6.45) is -6.51. The molecule has 0 aromatic heterocycles. The molecule has 0 radical (unpaired) electrons. The van der Waals surface area contributed by atoms with Crippen molar-refractivity contribution in [2.24, 2.45) is 0 Å². The Morgan fingerprint density at radius 3 is 2.39 bits per heavy atom. The summed E-state index contributed by atoms with van der Waals surface area (Å²) >= 11 is 0. The summed E-state index contributed by atoms with van der Waals surface area (Å²) in [6.45, 7) is 1.55. The van der Waals surface area contributed by atoms with Gasteiger partial charge in [-0.3, -0.25) is 4.79 Å². The van der Waals surface area contributed by atoms with Crippen LogP contribution in [0.15, 0.2) is 42.5 Å². The molecule has 1 fully saturated rings. The number of anilines is 1. The number of halogens is 3. The van der Waals surface area contributed by atoms with Crippen molar-refractivity contribution in [3.63, 3.8) is 0 Å². The SMILES string of the molecule is CCS(=O)(=O)C[C@H](O)COc1ccc(N2CCC(Oc3ccc(OC(F)(F)F)cc3)C2=O)cc1OC. The molecule has 2 atom stereocenters. The number of benzene rings is 2. The molecule has 0 bridgehead atoms. The van der Waals surface area contributed by atoms with Crippen molar-refractivity contribution < 1.29 is 50.4 Å². The number of nitrogens with zero attached hydrogens (tertiary/aromatic N) is 1. The number of aliphatic hydroxyl groups excluding tert-OH is 1. The van der Waals surface area contributed by atoms with Crippen LogP contribution in [-0.2, 0) is 14.6 Å². The van der Waals surface area contributed by atoms with E-state index >= 15 is 0 Å². The van der Waals surface area contributed by atoms with Gasteiger partial charge in [0, 0.05) is 30.5 Å². The molecule has 13 heteroatoms. The van der Waals surface area contributed by atoms with E-state index in [4.69, 9.17) is 14.2 Å². The number of carbonyl (C=O) groups is 1. The third kappa shape index (κ3) is 7.40. The summed E-state index contributed by atoms with van der Waals surface area (Å²) in [5, 5.41) is 9.95. The first-order chi connectivity index (χ1) is 16.9. The van der Waals surface area contributed by atoms with E-state index < -0.39 is 39.9 Å². The van der Waals surface area contributed by atoms with Gasteiger partial charge in [0.05, 0.1) is 12.9 Å². The van der Waals surface area contributed by atoms with Gasteiger partial charge in [0.15, 0.2) is 27.4 Å². The van der Waals surface area contributed by atoms with Crippen LogP contribution in [0.4, 0.5) is 18.9 Å². The highest BCUT2D eigenvalue weighted by Gasteiger charge is 2.35. The van der Waals surface area contributed by atoms with Crippen molar-refractivity contribution in [3.05, 3.63) is 42.5 Å². The summed E-state index contributed by atoms with van der Waals surface area (Å²) < 4.78 is 80.5. The van der Waals surface area contributed by atoms with Gasteiger partial charge in [0.25, 0.3) is 5.91 Å². The molecule has 198 valence electrons. The zero-order valence-electron chi connectivity index (χ0n) is 19.5. The molecular weight excluding hydrogens is 507 g/mol. The molecule has 1 aliphatic heterocycles. The Kier molecular flexibility index (Phi) is 8.56. The molecule has 1 amide bonds. The number of aliphatic hydroxyl groups is 1. The monoisotopic (exact) mass is 533 g/mol. The van der Waals surface area contributed by atoms with Gasteiger partial charge in [-0.2, -0.15) is 0 Å². The molecule has 3 rings (SSSR count). The van der Waals surface area contributed by atoms with E-state index in [1.165, 1.54) is 37.1 Å². The van der Waals surface area contributed by atoms with Crippen molar-refractivity contribution in [2.75, 3.05) is 36.7 Å². The molecule has 1 saturated heterocycles. The van der Waals surface area contributed by atoms with Crippen LogP contribution in [0.25, 0.3) is 0 Å². The van der Waals surface area contributed by atoms with E-state index in [9.17, 15) is 31.5 Å². The zero-order valence-corrected chi connectivity index (χ0v) is 20.3. The molecule has 1 N–H and O–H groups in total. The standard InChI is InChI=1S/C23H26F3NO8S/c1-3-36(30,31)14-16(28)13-33-19-9-4-15(12-21(19)32-2)27-11-10-20(22(27)29)34-17-5-7-18(8-6-17)35-23(24,25)26/h4-9,12,16,20,28H,3,10-11,13-14H2,1-2H3/t16-,20?/m1/s1. The second-order valence-corrected chi connectivity index (χ2v) is 10.3. The Bertz CT molecular complexity index is 1150. The van der Waals surface area contributed by atoms with Crippen LogP contribution >= 0.6 is 0 Å². The van der Waals surface area contributed by atoms with Crippen molar-refractivity contribution in [1.82, 2.24) is 0 Å². The molecule has 2 aromatic rings. The van der Waals surface area contributed by atoms with Crippen LogP contribution in [0, 0.1) is 0 Å². The van der Waals surface area contributed by atoms with Gasteiger partial charge in [-0.15, -0.1) is 13.2 Å². The van der Waals surface area contributed by atoms with Crippen molar-refractivity contribution in [2.45, 2.75) is 31.9 Å². The summed E-state index contributed by atoms with van der Waals surface area (Å²) in [4.78, 5) is 14.4. The molecule has 0 spiro atoms. The maximum atomic E-state index is 12.9. The molecule has 0 aliphatic carbocycles. The number of hydrogen-bond donors (Lipinski definition) is 1. The number of carbonyl (C=O) groups excluding carboxylic acids is 1. The fourth-order valence-electron chi connectivity index (χ4n) is 3.49. The summed E-state index contributed by atoms with van der Waals surface area (Å²) in [5.41, 5.74) is 0.498. The Morgan fingerprint density at radius 2 is 1.78 bits per heavy atom. The second kappa shape index (κ2) is 11.2. The van der Waals surface area contributed by atoms with Gasteiger partial charge in [-0.05, 0) is 36.4 Å². The molecule has 1 aliphatic rings. The highest BCUT2D eigenvalue weighted by molar-refractivity contribution is 7.91. The van der Waals surface area contributed by atoms with Crippen molar-refractivity contribution >= 4 is 21.4 Å². The first-order valence-electron chi connectivity index (χ1n) is 10.9. The van der Waals surface area contributed by atoms with Gasteiger partial charge in [0.1, 0.15) is 24.2 Å². The van der Waals surface area contributed by atoms with Gasteiger partial charge in [-0.1, -0.05) is 6.92 Å². The number of rotatable bonds is 11. The predicted molar refractivity (Wildman–Crippen MR) is 123 cm³/mol. The first-order valence-corrected chi connectivity index (χ1v) is 12.8. The maximum absolute atomic E-state index is 12.9. The van der Waals surface area contributed by atoms with E-state index in [0.717, 1.165) is 12.1 Å². The van der Waals surface area contributed by atoms with Crippen LogP contribution in [0.2, 0.25) is 0 Å². The molecular formula is C23H26F3NO8S. The lowest BCUT2D eigenvalue weighted by Gasteiger charge is -2.20. The van der Waals surface area contributed by atoms with Crippen LogP contribution in [0.1, 0.15) is 13.3 Å². The Labute approximate surface area is 206 Å². The van der Waals surface area contributed by atoms with Crippen LogP contribution < -0.4 is 23.8 Å². The lowest BCUT2D eigenvalue weighted by atomic mass is 10.2. The topological polar surface area (TPSA) is 112 Å². The molecule has 1 unspecified atom stereocenters. The quantitative estimate of drug-likeness (QED) is 0.470. The van der Waals surface area contributed by atoms with E-state index in [-0.39, 0.29) is 35.5 Å². The van der Waals surface area contributed by atoms with E-state index in [2.05, 4.69) is 4.74 Å². The number of sulfone groups is 1. The molecule has 2 aromatic carbocycles. The zero-order chi connectivity index (χ0) is 26.5. The smallest absolute Gasteiger partial charge is 0.493 e. The molecule has 36 heavy (non-hydrogen) atoms. The minimum Gasteiger partial charge on any atom is -0.493 e. The van der Waals surface area contributed by atoms with E-state index in [1.807, 2.05) is 0 Å². The number of hydrogen-bond acceptors (Lipinski definition) is 8. The summed E-state index contributed by atoms with van der Waals surface area (Å²) in [5.74, 6) is -0.510. The minimum atomic E-state index is -4.80. The lowest BCUT2D eigenvalue weighted by molar-refractivity contribution is -0.274. The van der Waals surface area contributed by atoms with Crippen molar-refractivity contribution in [3.8, 4) is 23.0 Å². The molecule has 9 nitrogen and oxygen atoms in total. The van der Waals surface area contributed by atoms with Crippen LogP contribution in [-0.4, -0.2) is 69.8 Å². The lowest BCUT2D eigenvalue weighted by Crippen LogP contribution is -2.32. The first kappa shape index (κ1) is 27.4. The average molecular weight is 534 g/mol. The Balaban J connectivity index is 1.62. The molecule has 1 heterocycles. The highest BCUT2D eigenvalue weighted by Crippen LogP contribution is 2.34. The largest absolute Gasteiger partial charge is 0.573 e. The summed E-state index contributed by atoms with van der Waals surface area (Å²) in [6, 6.07) is 9.47. The maximum Gasteiger partial charge on any atom is 0.573 e. The number of alkyl halides is 3. The minimum absolute atomic E-state index is 0.0889. The van der Waals surface area contributed by atoms with Gasteiger partial charge in [0.2, 0.25) is 0 Å². The number of methoxy groups -OCH3 is 1. The average Bonchev–Trinajstić information content (AvgIpc) is 3.17. The second-order valence-electron chi connectivity index (χ2n) is 7.90. The van der Waals surface area contributed by atoms with Gasteiger partial charge in [-0.25, -0.2) is 8.42 Å².